The predicted octanol–water partition coefficient (Wildman–Crippen LogP) is 2.39. The summed E-state index contributed by atoms with van der Waals surface area (Å²) in [5, 5.41) is 14.9. The number of amides is 2. The van der Waals surface area contributed by atoms with E-state index in [2.05, 4.69) is 10.6 Å². The zero-order chi connectivity index (χ0) is 17.7. The number of halogens is 2. The van der Waals surface area contributed by atoms with Crippen LogP contribution in [0.2, 0.25) is 0 Å². The molecule has 1 saturated heterocycles. The van der Waals surface area contributed by atoms with Gasteiger partial charge in [-0.2, -0.15) is 0 Å². The van der Waals surface area contributed by atoms with Crippen LogP contribution in [0, 0.1) is 11.6 Å². The summed E-state index contributed by atoms with van der Waals surface area (Å²) in [5.41, 5.74) is -0.111. The average Bonchev–Trinajstić information content (AvgIpc) is 2.95. The van der Waals surface area contributed by atoms with Gasteiger partial charge in [0.1, 0.15) is 11.6 Å². The van der Waals surface area contributed by atoms with Gasteiger partial charge in [0.2, 0.25) is 0 Å². The first kappa shape index (κ1) is 18.4. The lowest BCUT2D eigenvalue weighted by molar-refractivity contribution is 0.199. The van der Waals surface area contributed by atoms with Gasteiger partial charge in [0, 0.05) is 37.3 Å². The molecule has 24 heavy (non-hydrogen) atoms. The SMILES string of the molecule is CCC(C)(CCO)NC(=O)NC1CCN(c2ccc(F)cc2F)C1. The highest BCUT2D eigenvalue weighted by atomic mass is 19.1. The number of hydrogen-bond acceptors (Lipinski definition) is 3. The Morgan fingerprint density at radius 3 is 2.83 bits per heavy atom. The van der Waals surface area contributed by atoms with Crippen LogP contribution in [0.1, 0.15) is 33.1 Å². The zero-order valence-electron chi connectivity index (χ0n) is 14.1. The van der Waals surface area contributed by atoms with Gasteiger partial charge in [-0.3, -0.25) is 0 Å². The fourth-order valence-electron chi connectivity index (χ4n) is 2.90. The van der Waals surface area contributed by atoms with E-state index in [0.29, 0.717) is 38.0 Å². The molecule has 1 aromatic carbocycles. The molecule has 0 spiro atoms. The molecular formula is C17H25F2N3O2. The molecule has 7 heteroatoms. The standard InChI is InChI=1S/C17H25F2N3O2/c1-3-17(2,7-9-23)21-16(24)20-13-6-8-22(11-13)15-5-4-12(18)10-14(15)19/h4-5,10,13,23H,3,6-9,11H2,1-2H3,(H2,20,21,24). The molecule has 2 atom stereocenters. The number of carbonyl (C=O) groups is 1. The van der Waals surface area contributed by atoms with Crippen LogP contribution in [0.5, 0.6) is 0 Å². The maximum atomic E-state index is 13.8. The van der Waals surface area contributed by atoms with Crippen LogP contribution in [0.3, 0.4) is 0 Å². The number of carbonyl (C=O) groups excluding carboxylic acids is 1. The summed E-state index contributed by atoms with van der Waals surface area (Å²) in [4.78, 5) is 14.0. The minimum Gasteiger partial charge on any atom is -0.396 e. The van der Waals surface area contributed by atoms with Crippen LogP contribution >= 0.6 is 0 Å². The number of aliphatic hydroxyl groups excluding tert-OH is 1. The van der Waals surface area contributed by atoms with Crippen molar-refractivity contribution in [1.82, 2.24) is 10.6 Å². The van der Waals surface area contributed by atoms with Gasteiger partial charge in [0.15, 0.2) is 0 Å². The molecule has 0 aromatic heterocycles. The first-order valence-corrected chi connectivity index (χ1v) is 8.26. The summed E-state index contributed by atoms with van der Waals surface area (Å²) in [5.74, 6) is -1.20. The molecule has 2 rings (SSSR count). The van der Waals surface area contributed by atoms with Gasteiger partial charge < -0.3 is 20.6 Å². The van der Waals surface area contributed by atoms with Gasteiger partial charge in [-0.05, 0) is 38.3 Å². The number of nitrogens with one attached hydrogen (secondary N) is 2. The van der Waals surface area contributed by atoms with Gasteiger partial charge in [-0.25, -0.2) is 13.6 Å². The minimum absolute atomic E-state index is 0.00562. The Kier molecular flexibility index (Phi) is 5.99. The zero-order valence-corrected chi connectivity index (χ0v) is 14.1. The lowest BCUT2D eigenvalue weighted by Crippen LogP contribution is -2.53. The molecule has 1 aliphatic rings. The summed E-state index contributed by atoms with van der Waals surface area (Å²) in [6, 6.07) is 3.12. The lowest BCUT2D eigenvalue weighted by Gasteiger charge is -2.29. The third kappa shape index (κ3) is 4.56. The molecule has 1 fully saturated rings. The summed E-state index contributed by atoms with van der Waals surface area (Å²) < 4.78 is 26.8. The molecular weight excluding hydrogens is 316 g/mol. The van der Waals surface area contributed by atoms with E-state index in [-0.39, 0.29) is 18.7 Å². The van der Waals surface area contributed by atoms with Crippen molar-refractivity contribution in [2.45, 2.75) is 44.7 Å². The third-order valence-electron chi connectivity index (χ3n) is 4.63. The van der Waals surface area contributed by atoms with E-state index in [4.69, 9.17) is 5.11 Å². The second kappa shape index (κ2) is 7.79. The van der Waals surface area contributed by atoms with Crippen molar-refractivity contribution in [1.29, 1.82) is 0 Å². The van der Waals surface area contributed by atoms with Crippen molar-refractivity contribution in [3.63, 3.8) is 0 Å². The maximum absolute atomic E-state index is 13.8. The van der Waals surface area contributed by atoms with Crippen LogP contribution in [-0.4, -0.2) is 42.4 Å². The van der Waals surface area contributed by atoms with E-state index >= 15 is 0 Å². The number of hydrogen-bond donors (Lipinski definition) is 3. The van der Waals surface area contributed by atoms with Crippen molar-refractivity contribution in [2.75, 3.05) is 24.6 Å². The Balaban J connectivity index is 1.90. The summed E-state index contributed by atoms with van der Waals surface area (Å²) in [6.45, 7) is 4.90. The van der Waals surface area contributed by atoms with Crippen LogP contribution in [-0.2, 0) is 0 Å². The van der Waals surface area contributed by atoms with E-state index in [1.54, 1.807) is 4.90 Å². The smallest absolute Gasteiger partial charge is 0.315 e. The fourth-order valence-corrected chi connectivity index (χ4v) is 2.90. The Morgan fingerprint density at radius 2 is 2.21 bits per heavy atom. The summed E-state index contributed by atoms with van der Waals surface area (Å²) in [6.07, 6.45) is 1.88. The molecule has 1 aromatic rings. The van der Waals surface area contributed by atoms with Gasteiger partial charge >= 0.3 is 6.03 Å². The van der Waals surface area contributed by atoms with Crippen molar-refractivity contribution >= 4 is 11.7 Å². The molecule has 2 amide bonds. The Hall–Kier alpha value is -1.89. The Morgan fingerprint density at radius 1 is 1.46 bits per heavy atom. The number of rotatable bonds is 6. The molecule has 0 saturated carbocycles. The second-order valence-corrected chi connectivity index (χ2v) is 6.51. The first-order chi connectivity index (χ1) is 11.4. The molecule has 3 N–H and O–H groups in total. The van der Waals surface area contributed by atoms with Crippen LogP contribution in [0.4, 0.5) is 19.3 Å². The highest BCUT2D eigenvalue weighted by Crippen LogP contribution is 2.24. The minimum atomic E-state index is -0.604. The average molecular weight is 341 g/mol. The van der Waals surface area contributed by atoms with E-state index < -0.39 is 17.2 Å². The van der Waals surface area contributed by atoms with Crippen molar-refractivity contribution in [3.8, 4) is 0 Å². The number of aliphatic hydroxyl groups is 1. The van der Waals surface area contributed by atoms with E-state index in [1.165, 1.54) is 12.1 Å². The number of nitrogens with zero attached hydrogens (tertiary/aromatic N) is 1. The molecule has 1 aliphatic heterocycles. The number of benzene rings is 1. The molecule has 5 nitrogen and oxygen atoms in total. The molecule has 0 radical (unpaired) electrons. The van der Waals surface area contributed by atoms with E-state index in [0.717, 1.165) is 6.07 Å². The first-order valence-electron chi connectivity index (χ1n) is 8.26. The molecule has 2 unspecified atom stereocenters. The van der Waals surface area contributed by atoms with Crippen LogP contribution in [0.15, 0.2) is 18.2 Å². The number of anilines is 1. The third-order valence-corrected chi connectivity index (χ3v) is 4.63. The van der Waals surface area contributed by atoms with Crippen LogP contribution < -0.4 is 15.5 Å². The highest BCUT2D eigenvalue weighted by molar-refractivity contribution is 5.75. The quantitative estimate of drug-likeness (QED) is 0.744. The molecule has 0 bridgehead atoms. The van der Waals surface area contributed by atoms with Crippen LogP contribution in [0.25, 0.3) is 0 Å². The van der Waals surface area contributed by atoms with Crippen molar-refractivity contribution < 1.29 is 18.7 Å². The monoisotopic (exact) mass is 341 g/mol. The van der Waals surface area contributed by atoms with Gasteiger partial charge in [0.25, 0.3) is 0 Å². The Bertz CT molecular complexity index is 585. The number of urea groups is 1. The normalized spacial score (nSPS) is 19.9. The van der Waals surface area contributed by atoms with E-state index in [9.17, 15) is 13.6 Å². The fraction of sp³-hybridized carbons (Fsp3) is 0.588. The van der Waals surface area contributed by atoms with Gasteiger partial charge in [-0.1, -0.05) is 6.92 Å². The molecule has 1 heterocycles. The van der Waals surface area contributed by atoms with E-state index in [1.807, 2.05) is 13.8 Å². The van der Waals surface area contributed by atoms with Crippen molar-refractivity contribution in [3.05, 3.63) is 29.8 Å². The summed E-state index contributed by atoms with van der Waals surface area (Å²) in [7, 11) is 0. The Labute approximate surface area is 141 Å². The van der Waals surface area contributed by atoms with Crippen molar-refractivity contribution in [2.24, 2.45) is 0 Å². The molecule has 134 valence electrons. The largest absolute Gasteiger partial charge is 0.396 e. The lowest BCUT2D eigenvalue weighted by atomic mass is 9.95. The highest BCUT2D eigenvalue weighted by Gasteiger charge is 2.28. The summed E-state index contributed by atoms with van der Waals surface area (Å²) >= 11 is 0. The van der Waals surface area contributed by atoms with Gasteiger partial charge in [-0.15, -0.1) is 0 Å². The topological polar surface area (TPSA) is 64.6 Å². The maximum Gasteiger partial charge on any atom is 0.315 e. The molecule has 0 aliphatic carbocycles. The van der Waals surface area contributed by atoms with Gasteiger partial charge in [0.05, 0.1) is 5.69 Å². The predicted molar refractivity (Wildman–Crippen MR) is 89.0 cm³/mol. The second-order valence-electron chi connectivity index (χ2n) is 6.51.